The molecule has 0 spiro atoms. The highest BCUT2D eigenvalue weighted by atomic mass is 16.4. The molecule has 3 nitrogen and oxygen atoms in total. The number of pyridine rings is 1. The van der Waals surface area contributed by atoms with Crippen molar-refractivity contribution >= 4 is 5.97 Å². The molecule has 1 aliphatic rings. The minimum Gasteiger partial charge on any atom is -0.478 e. The molecule has 0 amide bonds. The van der Waals surface area contributed by atoms with Crippen LogP contribution in [0.25, 0.3) is 11.3 Å². The average molecular weight is 504 g/mol. The number of aryl methyl sites for hydroxylation is 1. The van der Waals surface area contributed by atoms with Gasteiger partial charge in [-0.3, -0.25) is 4.98 Å². The summed E-state index contributed by atoms with van der Waals surface area (Å²) in [6.07, 6.45) is 26.8. The fourth-order valence-electron chi connectivity index (χ4n) is 5.80. The first-order valence-corrected chi connectivity index (χ1v) is 15.1. The van der Waals surface area contributed by atoms with E-state index in [1.54, 1.807) is 6.08 Å². The second kappa shape index (κ2) is 17.2. The van der Waals surface area contributed by atoms with Crippen LogP contribution < -0.4 is 0 Å². The highest BCUT2D eigenvalue weighted by Crippen LogP contribution is 2.38. The Bertz CT molecular complexity index is 908. The van der Waals surface area contributed by atoms with Crippen LogP contribution in [0.3, 0.4) is 0 Å². The van der Waals surface area contributed by atoms with E-state index in [0.717, 1.165) is 36.8 Å². The summed E-state index contributed by atoms with van der Waals surface area (Å²) in [5, 5.41) is 8.58. The Kier molecular flexibility index (Phi) is 13.5. The van der Waals surface area contributed by atoms with Gasteiger partial charge in [0.2, 0.25) is 0 Å². The highest BCUT2D eigenvalue weighted by molar-refractivity contribution is 5.79. The van der Waals surface area contributed by atoms with Crippen molar-refractivity contribution in [2.75, 3.05) is 0 Å². The Morgan fingerprint density at radius 2 is 1.57 bits per heavy atom. The van der Waals surface area contributed by atoms with Gasteiger partial charge in [0.25, 0.3) is 0 Å². The molecule has 1 N–H and O–H groups in total. The lowest BCUT2D eigenvalue weighted by molar-refractivity contribution is -0.131. The van der Waals surface area contributed by atoms with Crippen molar-refractivity contribution in [1.82, 2.24) is 4.98 Å². The van der Waals surface area contributed by atoms with E-state index < -0.39 is 5.97 Å². The SMILES string of the molecule is CCCCCc1ccc(-c2ccc(C3CCC(CCCCCCCCC/C=C/C(=O)O)CC3)cc2)nc1. The molecule has 0 atom stereocenters. The second-order valence-corrected chi connectivity index (χ2v) is 11.1. The first-order valence-electron chi connectivity index (χ1n) is 15.1. The lowest BCUT2D eigenvalue weighted by Crippen LogP contribution is -2.13. The van der Waals surface area contributed by atoms with Gasteiger partial charge >= 0.3 is 5.97 Å². The van der Waals surface area contributed by atoms with Crippen LogP contribution in [-0.2, 0) is 11.2 Å². The molecule has 3 rings (SSSR count). The number of carbonyl (C=O) groups is 1. The van der Waals surface area contributed by atoms with Crippen LogP contribution in [0.5, 0.6) is 0 Å². The van der Waals surface area contributed by atoms with Gasteiger partial charge in [-0.05, 0) is 80.4 Å². The summed E-state index contributed by atoms with van der Waals surface area (Å²) < 4.78 is 0. The number of rotatable bonds is 17. The lowest BCUT2D eigenvalue weighted by Gasteiger charge is -2.29. The zero-order chi connectivity index (χ0) is 26.1. The smallest absolute Gasteiger partial charge is 0.327 e. The number of aromatic nitrogens is 1. The highest BCUT2D eigenvalue weighted by Gasteiger charge is 2.22. The van der Waals surface area contributed by atoms with Crippen molar-refractivity contribution in [3.8, 4) is 11.3 Å². The maximum absolute atomic E-state index is 10.4. The Labute approximate surface area is 225 Å². The molecular formula is C34H49NO2. The first kappa shape index (κ1) is 29.1. The van der Waals surface area contributed by atoms with Crippen molar-refractivity contribution in [1.29, 1.82) is 0 Å². The van der Waals surface area contributed by atoms with Crippen LogP contribution in [0, 0.1) is 5.92 Å². The summed E-state index contributed by atoms with van der Waals surface area (Å²) in [7, 11) is 0. The van der Waals surface area contributed by atoms with Crippen molar-refractivity contribution in [2.24, 2.45) is 5.92 Å². The van der Waals surface area contributed by atoms with Crippen molar-refractivity contribution in [2.45, 2.75) is 122 Å². The lowest BCUT2D eigenvalue weighted by atomic mass is 9.77. The molecule has 3 heteroatoms. The third kappa shape index (κ3) is 11.2. The summed E-state index contributed by atoms with van der Waals surface area (Å²) in [5.41, 5.74) is 5.18. The summed E-state index contributed by atoms with van der Waals surface area (Å²) in [6.45, 7) is 2.25. The molecule has 0 radical (unpaired) electrons. The number of allylic oxidation sites excluding steroid dienone is 1. The fourth-order valence-corrected chi connectivity index (χ4v) is 5.80. The van der Waals surface area contributed by atoms with Crippen LogP contribution in [-0.4, -0.2) is 16.1 Å². The van der Waals surface area contributed by atoms with Gasteiger partial charge < -0.3 is 5.11 Å². The molecule has 1 aliphatic carbocycles. The molecule has 2 aromatic rings. The summed E-state index contributed by atoms with van der Waals surface area (Å²) in [5.74, 6) is 0.816. The zero-order valence-corrected chi connectivity index (χ0v) is 23.2. The Morgan fingerprint density at radius 1 is 0.865 bits per heavy atom. The number of aliphatic carboxylic acids is 1. The molecule has 0 unspecified atom stereocenters. The maximum atomic E-state index is 10.4. The van der Waals surface area contributed by atoms with E-state index in [1.807, 2.05) is 0 Å². The van der Waals surface area contributed by atoms with Gasteiger partial charge in [0.15, 0.2) is 0 Å². The fraction of sp³-hybridized carbons (Fsp3) is 0.588. The summed E-state index contributed by atoms with van der Waals surface area (Å²) in [4.78, 5) is 15.2. The number of unbranched alkanes of at least 4 members (excludes halogenated alkanes) is 9. The number of hydrogen-bond acceptors (Lipinski definition) is 2. The monoisotopic (exact) mass is 503 g/mol. The van der Waals surface area contributed by atoms with Crippen LogP contribution in [0.1, 0.15) is 127 Å². The van der Waals surface area contributed by atoms with Gasteiger partial charge in [0.1, 0.15) is 0 Å². The molecule has 0 saturated heterocycles. The predicted molar refractivity (Wildman–Crippen MR) is 156 cm³/mol. The van der Waals surface area contributed by atoms with Gasteiger partial charge in [0, 0.05) is 17.8 Å². The van der Waals surface area contributed by atoms with E-state index in [2.05, 4.69) is 49.5 Å². The standard InChI is InChI=1S/C34H49NO2/c1-2-3-11-15-29-19-26-33(35-27-29)32-24-22-31(23-25-32)30-20-17-28(18-21-30)14-12-9-7-5-4-6-8-10-13-16-34(36)37/h13,16,19,22-28,30H,2-12,14-15,17-18,20-21H2,1H3,(H,36,37)/b16-13+. The van der Waals surface area contributed by atoms with Crippen LogP contribution in [0.4, 0.5) is 0 Å². The first-order chi connectivity index (χ1) is 18.2. The number of hydrogen-bond donors (Lipinski definition) is 1. The van der Waals surface area contributed by atoms with Crippen molar-refractivity contribution < 1.29 is 9.90 Å². The quantitative estimate of drug-likeness (QED) is 0.173. The van der Waals surface area contributed by atoms with Crippen LogP contribution in [0.2, 0.25) is 0 Å². The second-order valence-electron chi connectivity index (χ2n) is 11.1. The molecular weight excluding hydrogens is 454 g/mol. The van der Waals surface area contributed by atoms with Crippen molar-refractivity contribution in [3.63, 3.8) is 0 Å². The Balaban J connectivity index is 1.27. The minimum atomic E-state index is -0.838. The maximum Gasteiger partial charge on any atom is 0.327 e. The molecule has 1 saturated carbocycles. The number of nitrogens with zero attached hydrogens (tertiary/aromatic N) is 1. The normalized spacial score (nSPS) is 17.9. The number of benzene rings is 1. The average Bonchev–Trinajstić information content (AvgIpc) is 2.92. The van der Waals surface area contributed by atoms with E-state index in [9.17, 15) is 4.79 Å². The van der Waals surface area contributed by atoms with Gasteiger partial charge in [-0.2, -0.15) is 0 Å². The van der Waals surface area contributed by atoms with Gasteiger partial charge in [-0.15, -0.1) is 0 Å². The van der Waals surface area contributed by atoms with Gasteiger partial charge in [-0.25, -0.2) is 4.79 Å². The van der Waals surface area contributed by atoms with E-state index in [-0.39, 0.29) is 0 Å². The Morgan fingerprint density at radius 3 is 2.22 bits per heavy atom. The molecule has 1 aromatic carbocycles. The number of carboxylic acid groups (broad SMARTS) is 1. The molecule has 0 aliphatic heterocycles. The van der Waals surface area contributed by atoms with E-state index in [0.29, 0.717) is 0 Å². The molecule has 0 bridgehead atoms. The minimum absolute atomic E-state index is 0.726. The Hall–Kier alpha value is -2.42. The largest absolute Gasteiger partial charge is 0.478 e. The van der Waals surface area contributed by atoms with Crippen molar-refractivity contribution in [3.05, 3.63) is 65.9 Å². The molecule has 1 aromatic heterocycles. The van der Waals surface area contributed by atoms with E-state index in [1.165, 1.54) is 113 Å². The third-order valence-corrected chi connectivity index (χ3v) is 8.16. The summed E-state index contributed by atoms with van der Waals surface area (Å²) >= 11 is 0. The van der Waals surface area contributed by atoms with Gasteiger partial charge in [0.05, 0.1) is 5.69 Å². The topological polar surface area (TPSA) is 50.2 Å². The van der Waals surface area contributed by atoms with Crippen LogP contribution >= 0.6 is 0 Å². The predicted octanol–water partition coefficient (Wildman–Crippen LogP) is 9.91. The van der Waals surface area contributed by atoms with E-state index in [4.69, 9.17) is 10.1 Å². The molecule has 37 heavy (non-hydrogen) atoms. The number of carboxylic acids is 1. The zero-order valence-electron chi connectivity index (χ0n) is 23.2. The van der Waals surface area contributed by atoms with Crippen LogP contribution in [0.15, 0.2) is 54.7 Å². The van der Waals surface area contributed by atoms with E-state index >= 15 is 0 Å². The van der Waals surface area contributed by atoms with Gasteiger partial charge in [-0.1, -0.05) is 101 Å². The molecule has 202 valence electrons. The summed E-state index contributed by atoms with van der Waals surface area (Å²) in [6, 6.07) is 13.7. The third-order valence-electron chi connectivity index (χ3n) is 8.16. The molecule has 1 heterocycles. The molecule has 1 fully saturated rings.